The monoisotopic (exact) mass is 247 g/mol. The number of hydrogen-bond acceptors (Lipinski definition) is 2. The van der Waals surface area contributed by atoms with Crippen LogP contribution in [0.15, 0.2) is 18.2 Å². The molecule has 2 heterocycles. The van der Waals surface area contributed by atoms with E-state index in [1.165, 1.54) is 18.9 Å². The van der Waals surface area contributed by atoms with Gasteiger partial charge >= 0.3 is 0 Å². The van der Waals surface area contributed by atoms with E-state index in [9.17, 15) is 4.39 Å². The lowest BCUT2D eigenvalue weighted by atomic mass is 9.90. The first-order valence-electron chi connectivity index (χ1n) is 6.48. The molecule has 1 unspecified atom stereocenters. The molecule has 2 aromatic rings. The lowest BCUT2D eigenvalue weighted by Crippen LogP contribution is -2.45. The number of aromatic nitrogens is 2. The van der Waals surface area contributed by atoms with Crippen LogP contribution in [0.5, 0.6) is 0 Å². The fourth-order valence-corrected chi connectivity index (χ4v) is 2.92. The normalized spacial score (nSPS) is 24.6. The third kappa shape index (κ3) is 1.63. The molecule has 0 spiro atoms. The summed E-state index contributed by atoms with van der Waals surface area (Å²) in [6.45, 7) is 3.16. The van der Waals surface area contributed by atoms with E-state index in [4.69, 9.17) is 0 Å². The minimum absolute atomic E-state index is 0.140. The molecule has 1 N–H and O–H groups in total. The summed E-state index contributed by atoms with van der Waals surface area (Å²) in [5.41, 5.74) is 1.19. The molecule has 1 aromatic carbocycles. The summed E-state index contributed by atoms with van der Waals surface area (Å²) in [4.78, 5) is 4.53. The quantitative estimate of drug-likeness (QED) is 0.839. The van der Waals surface area contributed by atoms with Crippen molar-refractivity contribution >= 4 is 11.0 Å². The van der Waals surface area contributed by atoms with Crippen molar-refractivity contribution in [2.24, 2.45) is 7.05 Å². The van der Waals surface area contributed by atoms with Crippen molar-refractivity contribution in [1.29, 1.82) is 0 Å². The highest BCUT2D eigenvalue weighted by Crippen LogP contribution is 2.31. The zero-order valence-electron chi connectivity index (χ0n) is 10.8. The van der Waals surface area contributed by atoms with Crippen LogP contribution in [0, 0.1) is 5.82 Å². The molecule has 0 bridgehead atoms. The number of benzene rings is 1. The first-order valence-corrected chi connectivity index (χ1v) is 6.48. The summed E-state index contributed by atoms with van der Waals surface area (Å²) in [6.07, 6.45) is 3.44. The molecule has 18 heavy (non-hydrogen) atoms. The maximum absolute atomic E-state index is 13.8. The van der Waals surface area contributed by atoms with Crippen LogP contribution < -0.4 is 5.32 Å². The van der Waals surface area contributed by atoms with Gasteiger partial charge < -0.3 is 9.88 Å². The van der Waals surface area contributed by atoms with Gasteiger partial charge in [-0.1, -0.05) is 6.07 Å². The van der Waals surface area contributed by atoms with Crippen molar-refractivity contribution in [1.82, 2.24) is 14.9 Å². The van der Waals surface area contributed by atoms with Crippen molar-refractivity contribution in [2.75, 3.05) is 6.54 Å². The standard InChI is InChI=1S/C14H18FN3/c1-14(8-3-4-9-16-14)13-17-12-10(15)6-5-7-11(12)18(13)2/h5-7,16H,3-4,8-9H2,1-2H3. The highest BCUT2D eigenvalue weighted by molar-refractivity contribution is 5.76. The minimum Gasteiger partial charge on any atom is -0.329 e. The Bertz CT molecular complexity index is 582. The van der Waals surface area contributed by atoms with Crippen molar-refractivity contribution in [3.63, 3.8) is 0 Å². The topological polar surface area (TPSA) is 29.9 Å². The zero-order valence-corrected chi connectivity index (χ0v) is 10.8. The highest BCUT2D eigenvalue weighted by atomic mass is 19.1. The molecule has 1 aliphatic rings. The number of rotatable bonds is 1. The van der Waals surface area contributed by atoms with Crippen LogP contribution in [0.3, 0.4) is 0 Å². The Kier molecular flexibility index (Phi) is 2.63. The number of imidazole rings is 1. The van der Waals surface area contributed by atoms with E-state index in [2.05, 4.69) is 17.2 Å². The van der Waals surface area contributed by atoms with Gasteiger partial charge in [0.15, 0.2) is 5.82 Å². The largest absolute Gasteiger partial charge is 0.329 e. The average Bonchev–Trinajstić information content (AvgIpc) is 2.70. The van der Waals surface area contributed by atoms with Gasteiger partial charge in [-0.2, -0.15) is 0 Å². The summed E-state index contributed by atoms with van der Waals surface area (Å²) in [5.74, 6) is 0.691. The first kappa shape index (κ1) is 11.7. The summed E-state index contributed by atoms with van der Waals surface area (Å²) in [7, 11) is 1.96. The second-order valence-electron chi connectivity index (χ2n) is 5.32. The molecule has 1 saturated heterocycles. The summed E-state index contributed by atoms with van der Waals surface area (Å²) >= 11 is 0. The van der Waals surface area contributed by atoms with Crippen molar-refractivity contribution in [3.8, 4) is 0 Å². The van der Waals surface area contributed by atoms with Gasteiger partial charge in [-0.25, -0.2) is 9.37 Å². The van der Waals surface area contributed by atoms with Crippen LogP contribution in [0.25, 0.3) is 11.0 Å². The van der Waals surface area contributed by atoms with Gasteiger partial charge in [-0.3, -0.25) is 0 Å². The fraction of sp³-hybridized carbons (Fsp3) is 0.500. The Morgan fingerprint density at radius 2 is 2.22 bits per heavy atom. The van der Waals surface area contributed by atoms with E-state index >= 15 is 0 Å². The Balaban J connectivity index is 2.17. The molecule has 4 heteroatoms. The fourth-order valence-electron chi connectivity index (χ4n) is 2.92. The number of nitrogens with one attached hydrogen (secondary N) is 1. The van der Waals surface area contributed by atoms with Crippen LogP contribution in [0.4, 0.5) is 4.39 Å². The Morgan fingerprint density at radius 1 is 1.39 bits per heavy atom. The molecule has 0 amide bonds. The van der Waals surface area contributed by atoms with Crippen LogP contribution >= 0.6 is 0 Å². The third-order valence-corrected chi connectivity index (χ3v) is 3.97. The average molecular weight is 247 g/mol. The van der Waals surface area contributed by atoms with E-state index in [0.29, 0.717) is 5.52 Å². The highest BCUT2D eigenvalue weighted by Gasteiger charge is 2.33. The Hall–Kier alpha value is -1.42. The van der Waals surface area contributed by atoms with E-state index in [0.717, 1.165) is 24.3 Å². The maximum atomic E-state index is 13.8. The van der Waals surface area contributed by atoms with Gasteiger partial charge in [0.1, 0.15) is 11.3 Å². The molecule has 3 rings (SSSR count). The van der Waals surface area contributed by atoms with Gasteiger partial charge in [0.25, 0.3) is 0 Å². The number of nitrogens with zero attached hydrogens (tertiary/aromatic N) is 2. The predicted molar refractivity (Wildman–Crippen MR) is 69.9 cm³/mol. The number of aryl methyl sites for hydroxylation is 1. The van der Waals surface area contributed by atoms with Crippen LogP contribution in [0.1, 0.15) is 32.0 Å². The molecular formula is C14H18FN3. The second-order valence-corrected chi connectivity index (χ2v) is 5.32. The van der Waals surface area contributed by atoms with E-state index in [-0.39, 0.29) is 11.4 Å². The summed E-state index contributed by atoms with van der Waals surface area (Å²) in [5, 5.41) is 3.53. The molecule has 3 nitrogen and oxygen atoms in total. The van der Waals surface area contributed by atoms with Crippen molar-refractivity contribution < 1.29 is 4.39 Å². The lowest BCUT2D eigenvalue weighted by Gasteiger charge is -2.34. The number of fused-ring (bicyclic) bond motifs is 1. The smallest absolute Gasteiger partial charge is 0.151 e. The van der Waals surface area contributed by atoms with Crippen LogP contribution in [-0.2, 0) is 12.6 Å². The van der Waals surface area contributed by atoms with Gasteiger partial charge in [0.2, 0.25) is 0 Å². The Labute approximate surface area is 106 Å². The lowest BCUT2D eigenvalue weighted by molar-refractivity contribution is 0.264. The maximum Gasteiger partial charge on any atom is 0.151 e. The second kappa shape index (κ2) is 4.05. The van der Waals surface area contributed by atoms with Crippen LogP contribution in [-0.4, -0.2) is 16.1 Å². The number of para-hydroxylation sites is 1. The minimum atomic E-state index is -0.242. The van der Waals surface area contributed by atoms with Crippen LogP contribution in [0.2, 0.25) is 0 Å². The SMILES string of the molecule is Cn1c(C2(C)CCCCN2)nc2c(F)cccc21. The molecule has 1 aromatic heterocycles. The summed E-state index contributed by atoms with van der Waals surface area (Å²) < 4.78 is 15.8. The number of hydrogen-bond donors (Lipinski definition) is 1. The molecule has 1 aliphatic heterocycles. The number of piperidine rings is 1. The molecule has 1 atom stereocenters. The van der Waals surface area contributed by atoms with E-state index in [1.54, 1.807) is 6.07 Å². The van der Waals surface area contributed by atoms with E-state index < -0.39 is 0 Å². The summed E-state index contributed by atoms with van der Waals surface area (Å²) in [6, 6.07) is 5.12. The Morgan fingerprint density at radius 3 is 2.89 bits per heavy atom. The molecule has 1 fully saturated rings. The molecule has 0 radical (unpaired) electrons. The molecular weight excluding hydrogens is 229 g/mol. The zero-order chi connectivity index (χ0) is 12.8. The van der Waals surface area contributed by atoms with Crippen molar-refractivity contribution in [2.45, 2.75) is 31.7 Å². The van der Waals surface area contributed by atoms with Gasteiger partial charge in [-0.05, 0) is 44.9 Å². The molecule has 0 aliphatic carbocycles. The third-order valence-electron chi connectivity index (χ3n) is 3.97. The predicted octanol–water partition coefficient (Wildman–Crippen LogP) is 2.70. The van der Waals surface area contributed by atoms with E-state index in [1.807, 2.05) is 17.7 Å². The van der Waals surface area contributed by atoms with Gasteiger partial charge in [0, 0.05) is 7.05 Å². The van der Waals surface area contributed by atoms with Gasteiger partial charge in [0.05, 0.1) is 11.1 Å². The number of halogens is 1. The molecule has 96 valence electrons. The van der Waals surface area contributed by atoms with Gasteiger partial charge in [-0.15, -0.1) is 0 Å². The van der Waals surface area contributed by atoms with Crippen molar-refractivity contribution in [3.05, 3.63) is 29.8 Å². The first-order chi connectivity index (χ1) is 8.62. The molecule has 0 saturated carbocycles.